The second-order valence-electron chi connectivity index (χ2n) is 6.24. The highest BCUT2D eigenvalue weighted by Gasteiger charge is 2.15. The van der Waals surface area contributed by atoms with Crippen LogP contribution in [0.4, 0.5) is 11.6 Å². The highest BCUT2D eigenvalue weighted by Crippen LogP contribution is 2.17. The number of rotatable bonds is 8. The quantitative estimate of drug-likeness (QED) is 0.474. The Morgan fingerprint density at radius 3 is 2.29 bits per heavy atom. The molecule has 0 spiro atoms. The minimum absolute atomic E-state index is 0.00930. The molecule has 9 nitrogen and oxygen atoms in total. The van der Waals surface area contributed by atoms with E-state index in [4.69, 9.17) is 11.6 Å². The molecule has 0 fully saturated rings. The van der Waals surface area contributed by atoms with Crippen LogP contribution in [0, 0.1) is 0 Å². The number of hydrogen-bond acceptors (Lipinski definition) is 6. The van der Waals surface area contributed by atoms with Crippen molar-refractivity contribution in [2.24, 2.45) is 0 Å². The molecule has 0 aliphatic rings. The van der Waals surface area contributed by atoms with Gasteiger partial charge in [0, 0.05) is 31.0 Å². The maximum atomic E-state index is 12.4. The standard InChI is InChI=1S/C20H18ClN5O4S/c21-17-5-2-1-4-16(17)19(28)22-13-10-18(27)25-14-6-8-15(9-7-14)31(29,30)26-20-23-11-3-12-24-20/h1-9,11-12H,10,13H2,(H,22,28)(H,25,27)(H,23,24,26). The number of nitrogens with zero attached hydrogens (tertiary/aromatic N) is 2. The van der Waals surface area contributed by atoms with Gasteiger partial charge >= 0.3 is 0 Å². The molecule has 0 unspecified atom stereocenters. The van der Waals surface area contributed by atoms with E-state index in [-0.39, 0.29) is 35.6 Å². The number of sulfonamides is 1. The maximum Gasteiger partial charge on any atom is 0.264 e. The molecule has 1 aromatic heterocycles. The zero-order valence-corrected chi connectivity index (χ0v) is 17.7. The number of hydrogen-bond donors (Lipinski definition) is 3. The highest BCUT2D eigenvalue weighted by atomic mass is 35.5. The molecule has 3 N–H and O–H groups in total. The maximum absolute atomic E-state index is 12.4. The summed E-state index contributed by atoms with van der Waals surface area (Å²) in [6.45, 7) is 0.114. The van der Waals surface area contributed by atoms with E-state index in [2.05, 4.69) is 25.3 Å². The molecule has 0 saturated heterocycles. The van der Waals surface area contributed by atoms with Crippen LogP contribution in [-0.4, -0.2) is 36.7 Å². The molecule has 0 aliphatic heterocycles. The Balaban J connectivity index is 1.51. The average Bonchev–Trinajstić information content (AvgIpc) is 2.75. The molecule has 11 heteroatoms. The number of carbonyl (C=O) groups is 2. The van der Waals surface area contributed by atoms with Gasteiger partial charge in [-0.05, 0) is 42.5 Å². The molecule has 31 heavy (non-hydrogen) atoms. The minimum Gasteiger partial charge on any atom is -0.351 e. The van der Waals surface area contributed by atoms with Crippen molar-refractivity contribution >= 4 is 45.1 Å². The highest BCUT2D eigenvalue weighted by molar-refractivity contribution is 7.92. The molecule has 0 atom stereocenters. The zero-order valence-electron chi connectivity index (χ0n) is 16.1. The normalized spacial score (nSPS) is 10.9. The lowest BCUT2D eigenvalue weighted by molar-refractivity contribution is -0.116. The number of halogens is 1. The van der Waals surface area contributed by atoms with Crippen molar-refractivity contribution in [2.45, 2.75) is 11.3 Å². The number of amides is 2. The summed E-state index contributed by atoms with van der Waals surface area (Å²) in [7, 11) is -3.86. The first-order chi connectivity index (χ1) is 14.8. The predicted octanol–water partition coefficient (Wildman–Crippen LogP) is 2.69. The monoisotopic (exact) mass is 459 g/mol. The fourth-order valence-corrected chi connectivity index (χ4v) is 3.68. The van der Waals surface area contributed by atoms with E-state index in [1.54, 1.807) is 30.3 Å². The van der Waals surface area contributed by atoms with Crippen LogP contribution in [0.2, 0.25) is 5.02 Å². The van der Waals surface area contributed by atoms with Crippen molar-refractivity contribution in [3.05, 3.63) is 77.6 Å². The third-order valence-electron chi connectivity index (χ3n) is 4.00. The van der Waals surface area contributed by atoms with Gasteiger partial charge in [0.05, 0.1) is 15.5 Å². The fourth-order valence-electron chi connectivity index (χ4n) is 2.50. The molecule has 2 aromatic carbocycles. The molecular weight excluding hydrogens is 442 g/mol. The van der Waals surface area contributed by atoms with Crippen LogP contribution in [0.5, 0.6) is 0 Å². The molecule has 1 heterocycles. The number of benzene rings is 2. The third kappa shape index (κ3) is 6.24. The van der Waals surface area contributed by atoms with Gasteiger partial charge in [0.15, 0.2) is 0 Å². The Bertz CT molecular complexity index is 1170. The van der Waals surface area contributed by atoms with Crippen LogP contribution in [0.15, 0.2) is 71.9 Å². The van der Waals surface area contributed by atoms with Gasteiger partial charge < -0.3 is 10.6 Å². The first-order valence-corrected chi connectivity index (χ1v) is 10.9. The molecular formula is C20H18ClN5O4S. The van der Waals surface area contributed by atoms with Gasteiger partial charge in [-0.1, -0.05) is 23.7 Å². The molecule has 0 bridgehead atoms. The molecule has 3 rings (SSSR count). The molecule has 160 valence electrons. The topological polar surface area (TPSA) is 130 Å². The van der Waals surface area contributed by atoms with Crippen molar-refractivity contribution in [3.63, 3.8) is 0 Å². The van der Waals surface area contributed by atoms with Gasteiger partial charge in [-0.15, -0.1) is 0 Å². The lowest BCUT2D eigenvalue weighted by Crippen LogP contribution is -2.27. The number of anilines is 2. The summed E-state index contributed by atoms with van der Waals surface area (Å²) in [5.41, 5.74) is 0.744. The van der Waals surface area contributed by atoms with Crippen LogP contribution in [0.3, 0.4) is 0 Å². The number of nitrogens with one attached hydrogen (secondary N) is 3. The van der Waals surface area contributed by atoms with Crippen LogP contribution < -0.4 is 15.4 Å². The summed E-state index contributed by atoms with van der Waals surface area (Å²) >= 11 is 5.96. The van der Waals surface area contributed by atoms with Gasteiger partial charge in [0.2, 0.25) is 11.9 Å². The zero-order chi connectivity index (χ0) is 22.3. The lowest BCUT2D eigenvalue weighted by Gasteiger charge is -2.09. The van der Waals surface area contributed by atoms with E-state index in [0.717, 1.165) is 0 Å². The molecule has 2 amide bonds. The largest absolute Gasteiger partial charge is 0.351 e. The summed E-state index contributed by atoms with van der Waals surface area (Å²) in [6, 6.07) is 13.8. The smallest absolute Gasteiger partial charge is 0.264 e. The molecule has 0 aliphatic carbocycles. The van der Waals surface area contributed by atoms with Crippen molar-refractivity contribution < 1.29 is 18.0 Å². The Kier molecular flexibility index (Phi) is 7.16. The van der Waals surface area contributed by atoms with Gasteiger partial charge in [0.1, 0.15) is 0 Å². The summed E-state index contributed by atoms with van der Waals surface area (Å²) in [5.74, 6) is -0.757. The number of carbonyl (C=O) groups excluding carboxylic acids is 2. The van der Waals surface area contributed by atoms with Gasteiger partial charge in [0.25, 0.3) is 15.9 Å². The summed E-state index contributed by atoms with van der Waals surface area (Å²) in [5, 5.41) is 5.59. The second-order valence-corrected chi connectivity index (χ2v) is 8.33. The van der Waals surface area contributed by atoms with Crippen molar-refractivity contribution in [3.8, 4) is 0 Å². The van der Waals surface area contributed by atoms with E-state index >= 15 is 0 Å². The van der Waals surface area contributed by atoms with E-state index in [0.29, 0.717) is 16.3 Å². The van der Waals surface area contributed by atoms with Crippen LogP contribution in [0.25, 0.3) is 0 Å². The molecule has 0 saturated carbocycles. The number of aromatic nitrogens is 2. The van der Waals surface area contributed by atoms with Crippen LogP contribution >= 0.6 is 11.6 Å². The van der Waals surface area contributed by atoms with Crippen LogP contribution in [-0.2, 0) is 14.8 Å². The Morgan fingerprint density at radius 1 is 0.935 bits per heavy atom. The van der Waals surface area contributed by atoms with E-state index in [9.17, 15) is 18.0 Å². The average molecular weight is 460 g/mol. The van der Waals surface area contributed by atoms with E-state index in [1.165, 1.54) is 36.7 Å². The molecule has 0 radical (unpaired) electrons. The molecule has 3 aromatic rings. The Hall–Kier alpha value is -3.50. The van der Waals surface area contributed by atoms with E-state index in [1.807, 2.05) is 0 Å². The lowest BCUT2D eigenvalue weighted by atomic mass is 10.2. The Morgan fingerprint density at radius 2 is 1.61 bits per heavy atom. The van der Waals surface area contributed by atoms with Crippen LogP contribution in [0.1, 0.15) is 16.8 Å². The van der Waals surface area contributed by atoms with Crippen molar-refractivity contribution in [2.75, 3.05) is 16.6 Å². The first kappa shape index (κ1) is 22.2. The second kappa shape index (κ2) is 10.0. The summed E-state index contributed by atoms with van der Waals surface area (Å²) in [6.07, 6.45) is 2.86. The third-order valence-corrected chi connectivity index (χ3v) is 5.67. The first-order valence-electron chi connectivity index (χ1n) is 9.07. The Labute approximate surface area is 183 Å². The van der Waals surface area contributed by atoms with Crippen molar-refractivity contribution in [1.29, 1.82) is 0 Å². The fraction of sp³-hybridized carbons (Fsp3) is 0.100. The minimum atomic E-state index is -3.86. The van der Waals surface area contributed by atoms with E-state index < -0.39 is 10.0 Å². The van der Waals surface area contributed by atoms with Gasteiger partial charge in [-0.2, -0.15) is 0 Å². The van der Waals surface area contributed by atoms with Crippen molar-refractivity contribution in [1.82, 2.24) is 15.3 Å². The van der Waals surface area contributed by atoms with Gasteiger partial charge in [-0.25, -0.2) is 23.1 Å². The SMILES string of the molecule is O=C(CCNC(=O)c1ccccc1Cl)Nc1ccc(S(=O)(=O)Nc2ncccn2)cc1. The summed E-state index contributed by atoms with van der Waals surface area (Å²) in [4.78, 5) is 31.8. The predicted molar refractivity (Wildman–Crippen MR) is 116 cm³/mol. The van der Waals surface area contributed by atoms with Gasteiger partial charge in [-0.3, -0.25) is 9.59 Å². The summed E-state index contributed by atoms with van der Waals surface area (Å²) < 4.78 is 27.0.